The van der Waals surface area contributed by atoms with Crippen molar-refractivity contribution >= 4 is 0 Å². The molecule has 1 atom stereocenters. The molecule has 1 aliphatic rings. The molecule has 1 N–H and O–H groups in total. The Labute approximate surface area is 63.0 Å². The summed E-state index contributed by atoms with van der Waals surface area (Å²) in [7, 11) is 1.76. The lowest BCUT2D eigenvalue weighted by Gasteiger charge is -2.25. The molecule has 1 rings (SSSR count). The minimum atomic E-state index is 0.427. The molecule has 0 aromatic carbocycles. The van der Waals surface area contributed by atoms with Gasteiger partial charge in [-0.3, -0.25) is 0 Å². The van der Waals surface area contributed by atoms with Gasteiger partial charge in [-0.25, -0.2) is 0 Å². The molecule has 0 bridgehead atoms. The summed E-state index contributed by atoms with van der Waals surface area (Å²) in [6.45, 7) is 6.56. The zero-order valence-corrected chi connectivity index (χ0v) is 7.11. The average Bonchev–Trinajstić information content (AvgIpc) is 2.13. The molecular weight excluding hydrogens is 126 g/mol. The number of rotatable bonds is 2. The standard InChI is InChI=1S/C8H17NO/c1-8(2)4-5-9-7(8)6-10-3/h7,9H,4-6H2,1-3H3/t7-/m1/s1. The van der Waals surface area contributed by atoms with Crippen molar-refractivity contribution in [2.24, 2.45) is 5.41 Å². The number of hydrogen-bond acceptors (Lipinski definition) is 2. The minimum absolute atomic E-state index is 0.427. The largest absolute Gasteiger partial charge is 0.383 e. The third-order valence-electron chi connectivity index (χ3n) is 2.44. The Morgan fingerprint density at radius 3 is 2.70 bits per heavy atom. The number of methoxy groups -OCH3 is 1. The lowest BCUT2D eigenvalue weighted by Crippen LogP contribution is -2.36. The predicted octanol–water partition coefficient (Wildman–Crippen LogP) is 1.02. The molecule has 0 aliphatic carbocycles. The van der Waals surface area contributed by atoms with Crippen LogP contribution in [0.25, 0.3) is 0 Å². The molecule has 0 amide bonds. The molecule has 10 heavy (non-hydrogen) atoms. The topological polar surface area (TPSA) is 21.3 Å². The van der Waals surface area contributed by atoms with Gasteiger partial charge in [-0.05, 0) is 18.4 Å². The number of ether oxygens (including phenoxy) is 1. The molecule has 0 aromatic rings. The molecule has 0 unspecified atom stereocenters. The number of hydrogen-bond donors (Lipinski definition) is 1. The summed E-state index contributed by atoms with van der Waals surface area (Å²) in [5.74, 6) is 0. The fraction of sp³-hybridized carbons (Fsp3) is 1.00. The van der Waals surface area contributed by atoms with Crippen molar-refractivity contribution in [2.75, 3.05) is 20.3 Å². The summed E-state index contributed by atoms with van der Waals surface area (Å²) >= 11 is 0. The molecule has 1 heterocycles. The molecule has 0 aromatic heterocycles. The highest BCUT2D eigenvalue weighted by atomic mass is 16.5. The van der Waals surface area contributed by atoms with E-state index in [9.17, 15) is 0 Å². The van der Waals surface area contributed by atoms with Crippen LogP contribution in [0.2, 0.25) is 0 Å². The monoisotopic (exact) mass is 143 g/mol. The SMILES string of the molecule is COC[C@H]1NCCC1(C)C. The fourth-order valence-corrected chi connectivity index (χ4v) is 1.47. The number of nitrogens with one attached hydrogen (secondary N) is 1. The first-order valence-corrected chi connectivity index (χ1v) is 3.89. The lowest BCUT2D eigenvalue weighted by molar-refractivity contribution is 0.132. The molecule has 1 aliphatic heterocycles. The van der Waals surface area contributed by atoms with Crippen LogP contribution >= 0.6 is 0 Å². The Morgan fingerprint density at radius 1 is 1.60 bits per heavy atom. The van der Waals surface area contributed by atoms with Gasteiger partial charge in [0.15, 0.2) is 0 Å². The van der Waals surface area contributed by atoms with Gasteiger partial charge in [-0.2, -0.15) is 0 Å². The van der Waals surface area contributed by atoms with Gasteiger partial charge in [-0.1, -0.05) is 13.8 Å². The van der Waals surface area contributed by atoms with Gasteiger partial charge in [0.2, 0.25) is 0 Å². The van der Waals surface area contributed by atoms with Crippen molar-refractivity contribution < 1.29 is 4.74 Å². The van der Waals surface area contributed by atoms with Crippen molar-refractivity contribution in [1.29, 1.82) is 0 Å². The van der Waals surface area contributed by atoms with E-state index in [0.29, 0.717) is 11.5 Å². The Balaban J connectivity index is 2.43. The first-order chi connectivity index (χ1) is 4.67. The quantitative estimate of drug-likeness (QED) is 0.623. The van der Waals surface area contributed by atoms with Crippen LogP contribution < -0.4 is 5.32 Å². The first-order valence-electron chi connectivity index (χ1n) is 3.89. The van der Waals surface area contributed by atoms with Crippen LogP contribution in [0.4, 0.5) is 0 Å². The Kier molecular flexibility index (Phi) is 2.32. The summed E-state index contributed by atoms with van der Waals surface area (Å²) < 4.78 is 5.10. The van der Waals surface area contributed by atoms with E-state index >= 15 is 0 Å². The van der Waals surface area contributed by atoms with E-state index in [4.69, 9.17) is 4.74 Å². The van der Waals surface area contributed by atoms with Gasteiger partial charge in [0.1, 0.15) is 0 Å². The Bertz CT molecular complexity index is 112. The minimum Gasteiger partial charge on any atom is -0.383 e. The second kappa shape index (κ2) is 2.89. The second-order valence-corrected chi connectivity index (χ2v) is 3.70. The third-order valence-corrected chi connectivity index (χ3v) is 2.44. The van der Waals surface area contributed by atoms with Crippen LogP contribution in [0.15, 0.2) is 0 Å². The van der Waals surface area contributed by atoms with E-state index in [1.807, 2.05) is 0 Å². The van der Waals surface area contributed by atoms with Gasteiger partial charge >= 0.3 is 0 Å². The molecule has 1 fully saturated rings. The summed E-state index contributed by atoms with van der Waals surface area (Å²) in [6, 6.07) is 0.553. The third kappa shape index (κ3) is 1.50. The lowest BCUT2D eigenvalue weighted by atomic mass is 9.85. The van der Waals surface area contributed by atoms with Crippen LogP contribution in [0, 0.1) is 5.41 Å². The van der Waals surface area contributed by atoms with Crippen molar-refractivity contribution in [3.8, 4) is 0 Å². The maximum atomic E-state index is 5.10. The van der Waals surface area contributed by atoms with Gasteiger partial charge in [0.05, 0.1) is 6.61 Å². The van der Waals surface area contributed by atoms with E-state index < -0.39 is 0 Å². The Morgan fingerprint density at radius 2 is 2.30 bits per heavy atom. The van der Waals surface area contributed by atoms with E-state index in [1.165, 1.54) is 6.42 Å². The molecule has 2 nitrogen and oxygen atoms in total. The normalized spacial score (nSPS) is 30.9. The molecule has 2 heteroatoms. The maximum absolute atomic E-state index is 5.10. The van der Waals surface area contributed by atoms with Crippen molar-refractivity contribution in [3.63, 3.8) is 0 Å². The molecule has 0 radical (unpaired) electrons. The van der Waals surface area contributed by atoms with Crippen molar-refractivity contribution in [2.45, 2.75) is 26.3 Å². The van der Waals surface area contributed by atoms with Crippen LogP contribution in [0.3, 0.4) is 0 Å². The van der Waals surface area contributed by atoms with Crippen molar-refractivity contribution in [1.82, 2.24) is 5.32 Å². The highest BCUT2D eigenvalue weighted by molar-refractivity contribution is 4.90. The highest BCUT2D eigenvalue weighted by Crippen LogP contribution is 2.29. The highest BCUT2D eigenvalue weighted by Gasteiger charge is 2.33. The van der Waals surface area contributed by atoms with Crippen molar-refractivity contribution in [3.05, 3.63) is 0 Å². The van der Waals surface area contributed by atoms with E-state index in [2.05, 4.69) is 19.2 Å². The predicted molar refractivity (Wildman–Crippen MR) is 42.1 cm³/mol. The van der Waals surface area contributed by atoms with Gasteiger partial charge in [0, 0.05) is 13.2 Å². The Hall–Kier alpha value is -0.0800. The van der Waals surface area contributed by atoms with Crippen LogP contribution in [-0.4, -0.2) is 26.3 Å². The van der Waals surface area contributed by atoms with E-state index in [1.54, 1.807) is 7.11 Å². The van der Waals surface area contributed by atoms with Gasteiger partial charge in [-0.15, -0.1) is 0 Å². The summed E-state index contributed by atoms with van der Waals surface area (Å²) in [5, 5.41) is 3.42. The molecule has 0 spiro atoms. The van der Waals surface area contributed by atoms with E-state index in [0.717, 1.165) is 13.2 Å². The van der Waals surface area contributed by atoms with Crippen LogP contribution in [-0.2, 0) is 4.74 Å². The van der Waals surface area contributed by atoms with Crippen LogP contribution in [0.5, 0.6) is 0 Å². The molecule has 0 saturated carbocycles. The van der Waals surface area contributed by atoms with Gasteiger partial charge in [0.25, 0.3) is 0 Å². The molecular formula is C8H17NO. The smallest absolute Gasteiger partial charge is 0.0621 e. The first kappa shape index (κ1) is 8.02. The fourth-order valence-electron chi connectivity index (χ4n) is 1.47. The summed E-state index contributed by atoms with van der Waals surface area (Å²) in [5.41, 5.74) is 0.427. The zero-order valence-electron chi connectivity index (χ0n) is 7.11. The molecule has 60 valence electrons. The van der Waals surface area contributed by atoms with E-state index in [-0.39, 0.29) is 0 Å². The average molecular weight is 143 g/mol. The van der Waals surface area contributed by atoms with Crippen LogP contribution in [0.1, 0.15) is 20.3 Å². The maximum Gasteiger partial charge on any atom is 0.0621 e. The van der Waals surface area contributed by atoms with Gasteiger partial charge < -0.3 is 10.1 Å². The summed E-state index contributed by atoms with van der Waals surface area (Å²) in [4.78, 5) is 0. The molecule has 1 saturated heterocycles. The zero-order chi connectivity index (χ0) is 7.61. The summed E-state index contributed by atoms with van der Waals surface area (Å²) in [6.07, 6.45) is 1.26. The second-order valence-electron chi connectivity index (χ2n) is 3.70.